The summed E-state index contributed by atoms with van der Waals surface area (Å²) in [5.74, 6) is -5.17. The maximum Gasteiger partial charge on any atom is 0.280 e. The van der Waals surface area contributed by atoms with E-state index in [1.54, 1.807) is 18.9 Å². The third-order valence-electron chi connectivity index (χ3n) is 4.77. The van der Waals surface area contributed by atoms with E-state index in [1.807, 2.05) is 37.3 Å². The molecule has 0 aliphatic heterocycles. The number of rotatable bonds is 8. The number of nitrogens with one attached hydrogen (secondary N) is 2. The first-order chi connectivity index (χ1) is 13.7. The number of anilines is 1. The van der Waals surface area contributed by atoms with Crippen LogP contribution >= 0.6 is 0 Å². The van der Waals surface area contributed by atoms with Crippen molar-refractivity contribution in [1.29, 1.82) is 0 Å². The summed E-state index contributed by atoms with van der Waals surface area (Å²) in [6.07, 6.45) is 0. The molecule has 29 heavy (non-hydrogen) atoms. The van der Waals surface area contributed by atoms with Crippen LogP contribution in [0.3, 0.4) is 0 Å². The maximum atomic E-state index is 13.7. The molecule has 0 aromatic heterocycles. The van der Waals surface area contributed by atoms with Crippen LogP contribution in [0, 0.1) is 17.5 Å². The third-order valence-corrected chi connectivity index (χ3v) is 4.77. The van der Waals surface area contributed by atoms with Crippen molar-refractivity contribution in [3.05, 3.63) is 65.5 Å². The van der Waals surface area contributed by atoms with Crippen LogP contribution in [0.2, 0.25) is 0 Å². The van der Waals surface area contributed by atoms with Crippen LogP contribution in [0.15, 0.2) is 42.5 Å². The molecular weight excluding hydrogens is 383 g/mol. The monoisotopic (exact) mass is 408 g/mol. The summed E-state index contributed by atoms with van der Waals surface area (Å²) in [5, 5.41) is 2.22. The van der Waals surface area contributed by atoms with Gasteiger partial charge in [-0.05, 0) is 31.5 Å². The fourth-order valence-electron chi connectivity index (χ4n) is 2.86. The molecular formula is C21H25F3N3O2+. The third kappa shape index (κ3) is 5.80. The fraction of sp³-hybridized carbons (Fsp3) is 0.333. The minimum atomic E-state index is -1.65. The van der Waals surface area contributed by atoms with Crippen molar-refractivity contribution in [3.63, 3.8) is 0 Å². The minimum Gasteiger partial charge on any atom is -0.334 e. The van der Waals surface area contributed by atoms with E-state index < -0.39 is 35.1 Å². The van der Waals surface area contributed by atoms with Gasteiger partial charge in [-0.1, -0.05) is 30.3 Å². The second-order valence-corrected chi connectivity index (χ2v) is 6.85. The molecule has 0 fully saturated rings. The normalized spacial score (nSPS) is 12.9. The Morgan fingerprint density at radius 3 is 2.34 bits per heavy atom. The lowest BCUT2D eigenvalue weighted by Gasteiger charge is -2.27. The van der Waals surface area contributed by atoms with Crippen molar-refractivity contribution in [2.45, 2.75) is 26.4 Å². The van der Waals surface area contributed by atoms with E-state index in [4.69, 9.17) is 0 Å². The number of nitrogens with zero attached hydrogens (tertiary/aromatic N) is 1. The highest BCUT2D eigenvalue weighted by molar-refractivity contribution is 5.91. The second-order valence-electron chi connectivity index (χ2n) is 6.85. The van der Waals surface area contributed by atoms with E-state index in [0.717, 1.165) is 17.7 Å². The number of quaternary nitrogens is 1. The topological polar surface area (TPSA) is 53.9 Å². The molecule has 156 valence electrons. The summed E-state index contributed by atoms with van der Waals surface area (Å²) < 4.78 is 40.0. The number of likely N-dealkylation sites (N-methyl/N-ethyl adjacent to an activating group) is 2. The van der Waals surface area contributed by atoms with E-state index in [9.17, 15) is 22.8 Å². The Kier molecular flexibility index (Phi) is 7.78. The Morgan fingerprint density at radius 1 is 1.07 bits per heavy atom. The first kappa shape index (κ1) is 22.4. The first-order valence-corrected chi connectivity index (χ1v) is 9.33. The van der Waals surface area contributed by atoms with Crippen LogP contribution in [0.1, 0.15) is 19.4 Å². The molecule has 0 aliphatic rings. The number of amides is 2. The van der Waals surface area contributed by atoms with Gasteiger partial charge >= 0.3 is 0 Å². The summed E-state index contributed by atoms with van der Waals surface area (Å²) in [4.78, 5) is 27.3. The van der Waals surface area contributed by atoms with Gasteiger partial charge in [0.05, 0.1) is 12.7 Å². The summed E-state index contributed by atoms with van der Waals surface area (Å²) in [7, 11) is 1.67. The summed E-state index contributed by atoms with van der Waals surface area (Å²) in [6, 6.07) is 10.7. The Labute approximate surface area is 168 Å². The summed E-state index contributed by atoms with van der Waals surface area (Å²) in [5.41, 5.74) is 0.555. The lowest BCUT2D eigenvalue weighted by Crippen LogP contribution is -3.15. The molecule has 0 aliphatic carbocycles. The van der Waals surface area contributed by atoms with Gasteiger partial charge in [0.25, 0.3) is 11.8 Å². The predicted octanol–water partition coefficient (Wildman–Crippen LogP) is 1.99. The largest absolute Gasteiger partial charge is 0.334 e. The highest BCUT2D eigenvalue weighted by Gasteiger charge is 2.28. The number of carbonyl (C=O) groups excluding carboxylic acids is 2. The average Bonchev–Trinajstić information content (AvgIpc) is 2.72. The van der Waals surface area contributed by atoms with Crippen LogP contribution < -0.4 is 10.2 Å². The Morgan fingerprint density at radius 2 is 1.72 bits per heavy atom. The highest BCUT2D eigenvalue weighted by atomic mass is 19.2. The van der Waals surface area contributed by atoms with Crippen molar-refractivity contribution in [3.8, 4) is 0 Å². The number of carbonyl (C=O) groups is 2. The van der Waals surface area contributed by atoms with Gasteiger partial charge in [-0.15, -0.1) is 0 Å². The first-order valence-electron chi connectivity index (χ1n) is 9.33. The molecule has 0 bridgehead atoms. The zero-order valence-electron chi connectivity index (χ0n) is 16.6. The molecule has 2 N–H and O–H groups in total. The van der Waals surface area contributed by atoms with Gasteiger partial charge in [-0.3, -0.25) is 9.59 Å². The molecule has 0 saturated carbocycles. The fourth-order valence-corrected chi connectivity index (χ4v) is 2.86. The molecule has 2 aromatic carbocycles. The Hall–Kier alpha value is -2.87. The van der Waals surface area contributed by atoms with E-state index in [1.165, 1.54) is 0 Å². The zero-order valence-corrected chi connectivity index (χ0v) is 16.6. The van der Waals surface area contributed by atoms with Gasteiger partial charge in [0.1, 0.15) is 0 Å². The van der Waals surface area contributed by atoms with E-state index in [2.05, 4.69) is 5.32 Å². The van der Waals surface area contributed by atoms with E-state index in [-0.39, 0.29) is 12.5 Å². The molecule has 1 unspecified atom stereocenters. The van der Waals surface area contributed by atoms with Crippen LogP contribution in [-0.2, 0) is 16.1 Å². The number of hydrogen-bond acceptors (Lipinski definition) is 2. The van der Waals surface area contributed by atoms with Gasteiger partial charge < -0.3 is 15.1 Å². The van der Waals surface area contributed by atoms with Crippen molar-refractivity contribution in [2.75, 3.05) is 25.5 Å². The molecule has 0 radical (unpaired) electrons. The number of benzene rings is 2. The lowest BCUT2D eigenvalue weighted by atomic mass is 10.2. The molecule has 0 saturated heterocycles. The van der Waals surface area contributed by atoms with Crippen molar-refractivity contribution >= 4 is 17.5 Å². The molecule has 0 spiro atoms. The Bertz CT molecular complexity index is 862. The van der Waals surface area contributed by atoms with Gasteiger partial charge in [0.2, 0.25) is 0 Å². The number of halogens is 3. The van der Waals surface area contributed by atoms with E-state index >= 15 is 0 Å². The summed E-state index contributed by atoms with van der Waals surface area (Å²) >= 11 is 0. The second kappa shape index (κ2) is 10.1. The zero-order chi connectivity index (χ0) is 21.6. The van der Waals surface area contributed by atoms with E-state index in [0.29, 0.717) is 18.0 Å². The van der Waals surface area contributed by atoms with Crippen LogP contribution in [-0.4, -0.2) is 42.9 Å². The molecule has 2 amide bonds. The minimum absolute atomic E-state index is 0.124. The number of hydrogen-bond donors (Lipinski definition) is 2. The standard InChI is InChI=1S/C21H24F3N3O2/c1-4-27(12-15-8-6-5-7-9-15)21(29)14(2)26(3)13-18(28)25-17-11-10-16(22)19(23)20(17)24/h5-11,14H,4,12-13H2,1-3H3,(H,25,28)/p+1/t14-/m1/s1. The van der Waals surface area contributed by atoms with Gasteiger partial charge in [-0.25, -0.2) is 13.2 Å². The summed E-state index contributed by atoms with van der Waals surface area (Å²) in [6.45, 7) is 4.41. The average molecular weight is 408 g/mol. The lowest BCUT2D eigenvalue weighted by molar-refractivity contribution is -0.886. The van der Waals surface area contributed by atoms with Crippen molar-refractivity contribution in [1.82, 2.24) is 4.90 Å². The van der Waals surface area contributed by atoms with Gasteiger partial charge in [0, 0.05) is 13.1 Å². The smallest absolute Gasteiger partial charge is 0.280 e. The SMILES string of the molecule is CCN(Cc1ccccc1)C(=O)[C@@H](C)[NH+](C)CC(=O)Nc1ccc(F)c(F)c1F. The highest BCUT2D eigenvalue weighted by Crippen LogP contribution is 2.19. The quantitative estimate of drug-likeness (QED) is 0.657. The van der Waals surface area contributed by atoms with Crippen LogP contribution in [0.25, 0.3) is 0 Å². The van der Waals surface area contributed by atoms with Crippen LogP contribution in [0.5, 0.6) is 0 Å². The molecule has 8 heteroatoms. The van der Waals surface area contributed by atoms with Crippen molar-refractivity contribution < 1.29 is 27.7 Å². The maximum absolute atomic E-state index is 13.7. The molecule has 2 atom stereocenters. The van der Waals surface area contributed by atoms with Crippen LogP contribution in [0.4, 0.5) is 18.9 Å². The van der Waals surface area contributed by atoms with Crippen molar-refractivity contribution in [2.24, 2.45) is 0 Å². The van der Waals surface area contributed by atoms with Gasteiger partial charge in [0.15, 0.2) is 30.0 Å². The molecule has 2 aromatic rings. The Balaban J connectivity index is 1.97. The molecule has 0 heterocycles. The molecule has 5 nitrogen and oxygen atoms in total. The predicted molar refractivity (Wildman–Crippen MR) is 104 cm³/mol. The van der Waals surface area contributed by atoms with Gasteiger partial charge in [-0.2, -0.15) is 0 Å². The molecule has 2 rings (SSSR count).